The number of amides is 1. The summed E-state index contributed by atoms with van der Waals surface area (Å²) in [6.45, 7) is 9.91. The van der Waals surface area contributed by atoms with Gasteiger partial charge < -0.3 is 5.32 Å². The zero-order valence-electron chi connectivity index (χ0n) is 15.2. The number of carbonyl (C=O) groups excluding carboxylic acids is 1. The Bertz CT molecular complexity index is 1020. The summed E-state index contributed by atoms with van der Waals surface area (Å²) in [4.78, 5) is 23.2. The number of aromatic nitrogens is 2. The molecule has 0 saturated carbocycles. The molecule has 0 atom stereocenters. The molecule has 7 heteroatoms. The summed E-state index contributed by atoms with van der Waals surface area (Å²) in [7, 11) is 0. The number of nitrogens with one attached hydrogen (secondary N) is 1. The van der Waals surface area contributed by atoms with Crippen LogP contribution in [0.25, 0.3) is 10.2 Å². The van der Waals surface area contributed by atoms with Gasteiger partial charge in [-0.05, 0) is 31.5 Å². The van der Waals surface area contributed by atoms with Crippen molar-refractivity contribution >= 4 is 44.7 Å². The topological polar surface area (TPSA) is 54.9 Å². The lowest BCUT2D eigenvalue weighted by molar-refractivity contribution is 0.102. The van der Waals surface area contributed by atoms with Crippen molar-refractivity contribution in [1.29, 1.82) is 0 Å². The molecule has 1 N–H and O–H groups in total. The van der Waals surface area contributed by atoms with E-state index in [9.17, 15) is 9.18 Å². The highest BCUT2D eigenvalue weighted by molar-refractivity contribution is 7.20. The van der Waals surface area contributed by atoms with Gasteiger partial charge in [0, 0.05) is 10.8 Å². The molecule has 0 unspecified atom stereocenters. The predicted molar refractivity (Wildman–Crippen MR) is 105 cm³/mol. The fraction of sp³-hybridized carbons (Fsp3) is 0.316. The van der Waals surface area contributed by atoms with Gasteiger partial charge in [0.25, 0.3) is 5.91 Å². The molecule has 136 valence electrons. The van der Waals surface area contributed by atoms with Crippen molar-refractivity contribution in [3.05, 3.63) is 51.0 Å². The number of carbonyl (C=O) groups is 1. The molecule has 1 aromatic carbocycles. The Morgan fingerprint density at radius 2 is 1.92 bits per heavy atom. The maximum atomic E-state index is 14.1. The first kappa shape index (κ1) is 18.7. The number of hydrogen-bond acceptors (Lipinski definition) is 4. The minimum atomic E-state index is -0.646. The first-order valence-electron chi connectivity index (χ1n) is 8.13. The van der Waals surface area contributed by atoms with Crippen LogP contribution >= 0.6 is 22.9 Å². The van der Waals surface area contributed by atoms with E-state index in [1.54, 1.807) is 6.07 Å². The van der Waals surface area contributed by atoms with E-state index >= 15 is 0 Å². The average molecular weight is 392 g/mol. The first-order valence-corrected chi connectivity index (χ1v) is 9.32. The van der Waals surface area contributed by atoms with Crippen molar-refractivity contribution in [1.82, 2.24) is 9.97 Å². The average Bonchev–Trinajstić information content (AvgIpc) is 2.88. The molecule has 0 saturated heterocycles. The fourth-order valence-corrected chi connectivity index (χ4v) is 3.97. The normalized spacial score (nSPS) is 11.8. The third-order valence-corrected chi connectivity index (χ3v) is 5.52. The van der Waals surface area contributed by atoms with Crippen LogP contribution in [0, 0.1) is 19.7 Å². The Labute approximate surface area is 160 Å². The van der Waals surface area contributed by atoms with E-state index in [0.29, 0.717) is 4.88 Å². The molecule has 0 fully saturated rings. The van der Waals surface area contributed by atoms with Gasteiger partial charge in [-0.15, -0.1) is 11.3 Å². The summed E-state index contributed by atoms with van der Waals surface area (Å²) in [6, 6.07) is 4.50. The van der Waals surface area contributed by atoms with Gasteiger partial charge in [0.2, 0.25) is 0 Å². The molecular formula is C19H19ClFN3OS. The first-order chi connectivity index (χ1) is 12.1. The number of benzene rings is 1. The second-order valence-corrected chi connectivity index (χ2v) is 8.58. The van der Waals surface area contributed by atoms with Gasteiger partial charge in [-0.3, -0.25) is 4.79 Å². The minimum absolute atomic E-state index is 0.0348. The van der Waals surface area contributed by atoms with Gasteiger partial charge in [0.1, 0.15) is 10.7 Å². The molecule has 0 radical (unpaired) electrons. The minimum Gasteiger partial charge on any atom is -0.319 e. The molecule has 3 aromatic rings. The van der Waals surface area contributed by atoms with Crippen LogP contribution in [0.1, 0.15) is 47.5 Å². The largest absolute Gasteiger partial charge is 0.319 e. The van der Waals surface area contributed by atoms with Gasteiger partial charge >= 0.3 is 0 Å². The Balaban J connectivity index is 2.05. The second kappa shape index (κ2) is 6.59. The van der Waals surface area contributed by atoms with Crippen molar-refractivity contribution in [2.24, 2.45) is 0 Å². The lowest BCUT2D eigenvalue weighted by Gasteiger charge is -2.16. The molecule has 2 heterocycles. The highest BCUT2D eigenvalue weighted by atomic mass is 35.5. The summed E-state index contributed by atoms with van der Waals surface area (Å²) in [6.07, 6.45) is 0. The van der Waals surface area contributed by atoms with Gasteiger partial charge in [0.05, 0.1) is 21.3 Å². The van der Waals surface area contributed by atoms with Crippen molar-refractivity contribution in [3.8, 4) is 0 Å². The number of hydrogen-bond donors (Lipinski definition) is 1. The van der Waals surface area contributed by atoms with Crippen LogP contribution in [0.5, 0.6) is 0 Å². The van der Waals surface area contributed by atoms with Crippen LogP contribution in [0.2, 0.25) is 5.02 Å². The number of rotatable bonds is 2. The van der Waals surface area contributed by atoms with Crippen molar-refractivity contribution < 1.29 is 9.18 Å². The van der Waals surface area contributed by atoms with E-state index in [0.717, 1.165) is 27.3 Å². The zero-order chi connectivity index (χ0) is 19.2. The van der Waals surface area contributed by atoms with Crippen LogP contribution in [0.3, 0.4) is 0 Å². The summed E-state index contributed by atoms with van der Waals surface area (Å²) < 4.78 is 14.1. The number of thiophene rings is 1. The van der Waals surface area contributed by atoms with Crippen LogP contribution in [0.15, 0.2) is 18.2 Å². The molecule has 0 aliphatic carbocycles. The summed E-state index contributed by atoms with van der Waals surface area (Å²) in [5, 5.41) is 3.44. The van der Waals surface area contributed by atoms with E-state index in [2.05, 4.69) is 15.3 Å². The molecule has 0 spiro atoms. The smallest absolute Gasteiger partial charge is 0.266 e. The fourth-order valence-electron chi connectivity index (χ4n) is 2.67. The van der Waals surface area contributed by atoms with E-state index in [-0.39, 0.29) is 22.0 Å². The van der Waals surface area contributed by atoms with Crippen LogP contribution in [-0.2, 0) is 5.41 Å². The van der Waals surface area contributed by atoms with Gasteiger partial charge in [0.15, 0.2) is 5.82 Å². The molecule has 0 aliphatic rings. The maximum absolute atomic E-state index is 14.1. The molecule has 0 aliphatic heterocycles. The zero-order valence-corrected chi connectivity index (χ0v) is 16.8. The number of halogens is 2. The number of fused-ring (bicyclic) bond motifs is 1. The van der Waals surface area contributed by atoms with Crippen molar-refractivity contribution in [3.63, 3.8) is 0 Å². The standard InChI is InChI=1S/C19H19ClFN3OS/c1-9-13-10(2)22-18(19(3,4)5)24-17(13)26-15(9)16(25)23-12-8-6-7-11(20)14(12)21/h6-8H,1-5H3,(H,23,25). The molecule has 26 heavy (non-hydrogen) atoms. The van der Waals surface area contributed by atoms with E-state index in [1.165, 1.54) is 23.5 Å². The summed E-state index contributed by atoms with van der Waals surface area (Å²) in [5.74, 6) is -0.299. The quantitative estimate of drug-likeness (QED) is 0.614. The molecule has 0 bridgehead atoms. The Morgan fingerprint density at radius 1 is 1.23 bits per heavy atom. The van der Waals surface area contributed by atoms with Crippen molar-refractivity contribution in [2.75, 3.05) is 5.32 Å². The van der Waals surface area contributed by atoms with Crippen LogP contribution in [0.4, 0.5) is 10.1 Å². The monoisotopic (exact) mass is 391 g/mol. The van der Waals surface area contributed by atoms with Crippen molar-refractivity contribution in [2.45, 2.75) is 40.0 Å². The van der Waals surface area contributed by atoms with E-state index < -0.39 is 5.82 Å². The Kier molecular flexibility index (Phi) is 4.75. The highest BCUT2D eigenvalue weighted by Crippen LogP contribution is 2.34. The molecule has 2 aromatic heterocycles. The van der Waals surface area contributed by atoms with Gasteiger partial charge in [-0.2, -0.15) is 0 Å². The van der Waals surface area contributed by atoms with Crippen LogP contribution in [-0.4, -0.2) is 15.9 Å². The second-order valence-electron chi connectivity index (χ2n) is 7.17. The SMILES string of the molecule is Cc1nc(C(C)(C)C)nc2sc(C(=O)Nc3cccc(Cl)c3F)c(C)c12. The third kappa shape index (κ3) is 3.31. The van der Waals surface area contributed by atoms with Gasteiger partial charge in [-0.25, -0.2) is 14.4 Å². The van der Waals surface area contributed by atoms with E-state index in [1.807, 2.05) is 34.6 Å². The number of nitrogens with zero attached hydrogens (tertiary/aromatic N) is 2. The predicted octanol–water partition coefficient (Wildman–Crippen LogP) is 5.65. The van der Waals surface area contributed by atoms with E-state index in [4.69, 9.17) is 11.6 Å². The number of anilines is 1. The van der Waals surface area contributed by atoms with Crippen LogP contribution < -0.4 is 5.32 Å². The third-order valence-electron chi connectivity index (χ3n) is 4.05. The highest BCUT2D eigenvalue weighted by Gasteiger charge is 2.24. The summed E-state index contributed by atoms with van der Waals surface area (Å²) >= 11 is 7.06. The maximum Gasteiger partial charge on any atom is 0.266 e. The lowest BCUT2D eigenvalue weighted by atomic mass is 9.95. The molecular weight excluding hydrogens is 373 g/mol. The summed E-state index contributed by atoms with van der Waals surface area (Å²) in [5.41, 5.74) is 1.49. The number of aryl methyl sites for hydroxylation is 2. The molecule has 3 rings (SSSR count). The Hall–Kier alpha value is -2.05. The van der Waals surface area contributed by atoms with Gasteiger partial charge in [-0.1, -0.05) is 38.4 Å². The Morgan fingerprint density at radius 3 is 2.58 bits per heavy atom. The lowest BCUT2D eigenvalue weighted by Crippen LogP contribution is -2.16. The molecule has 4 nitrogen and oxygen atoms in total. The molecule has 1 amide bonds.